The zero-order chi connectivity index (χ0) is 36.1. The highest BCUT2D eigenvalue weighted by Crippen LogP contribution is 2.42. The molecule has 1 saturated carbocycles. The van der Waals surface area contributed by atoms with E-state index in [1.54, 1.807) is 45.9 Å². The third-order valence-corrected chi connectivity index (χ3v) is 11.9. The number of carbonyl (C=O) groups is 2. The van der Waals surface area contributed by atoms with Crippen LogP contribution in [0.4, 0.5) is 5.69 Å². The molecule has 2 amide bonds. The summed E-state index contributed by atoms with van der Waals surface area (Å²) in [6.07, 6.45) is 8.68. The van der Waals surface area contributed by atoms with Gasteiger partial charge in [-0.15, -0.1) is 4.36 Å². The molecule has 1 aliphatic carbocycles. The van der Waals surface area contributed by atoms with Crippen LogP contribution in [0.1, 0.15) is 64.5 Å². The van der Waals surface area contributed by atoms with E-state index in [1.165, 1.54) is 5.56 Å². The maximum atomic E-state index is 14.8. The van der Waals surface area contributed by atoms with Gasteiger partial charge in [-0.1, -0.05) is 43.7 Å². The molecule has 2 heterocycles. The molecule has 12 heteroatoms. The lowest BCUT2D eigenvalue weighted by Gasteiger charge is -2.44. The molecule has 4 atom stereocenters. The minimum Gasteiger partial charge on any atom is -0.487 e. The lowest BCUT2D eigenvalue weighted by Crippen LogP contribution is -2.44. The highest BCUT2D eigenvalue weighted by atomic mass is 35.5. The second-order valence-corrected chi connectivity index (χ2v) is 17.0. The SMILES string of the molecule is CC(C)C(=O)NS1(=O)=NC(=O)C(C)(C)OC/C=C/[C@H](OCCN(C)C)[C@@H]2CC[C@H]2CN2CCCCc3cc(Cl)ccc3COc3ccc1cc32. The van der Waals surface area contributed by atoms with E-state index in [4.69, 9.17) is 25.8 Å². The summed E-state index contributed by atoms with van der Waals surface area (Å²) in [6, 6.07) is 11.1. The summed E-state index contributed by atoms with van der Waals surface area (Å²) in [4.78, 5) is 31.4. The number of hydrogen-bond acceptors (Lipinski definition) is 8. The minimum atomic E-state index is -3.76. The molecule has 0 saturated heterocycles. The molecular formula is C38H53ClN4O6S. The van der Waals surface area contributed by atoms with E-state index in [2.05, 4.69) is 25.0 Å². The number of carbonyl (C=O) groups excluding carboxylic acids is 2. The highest BCUT2D eigenvalue weighted by Gasteiger charge is 2.39. The lowest BCUT2D eigenvalue weighted by atomic mass is 9.70. The van der Waals surface area contributed by atoms with Crippen LogP contribution in [0, 0.1) is 17.8 Å². The number of halogens is 1. The van der Waals surface area contributed by atoms with E-state index < -0.39 is 33.2 Å². The van der Waals surface area contributed by atoms with Crippen LogP contribution in [0.15, 0.2) is 57.8 Å². The summed E-state index contributed by atoms with van der Waals surface area (Å²) >= 11 is 6.39. The number of rotatable bonds is 6. The Kier molecular flexibility index (Phi) is 12.7. The fourth-order valence-electron chi connectivity index (χ4n) is 6.44. The Morgan fingerprint density at radius 1 is 1.16 bits per heavy atom. The lowest BCUT2D eigenvalue weighted by molar-refractivity contribution is -0.137. The third kappa shape index (κ3) is 9.47. The number of nitrogens with one attached hydrogen (secondary N) is 1. The average molecular weight is 729 g/mol. The van der Waals surface area contributed by atoms with Gasteiger partial charge in [0.1, 0.15) is 18.0 Å². The first-order valence-corrected chi connectivity index (χ1v) is 19.6. The van der Waals surface area contributed by atoms with E-state index in [1.807, 2.05) is 38.4 Å². The number of nitrogens with zero attached hydrogens (tertiary/aromatic N) is 3. The number of aryl methyl sites for hydroxylation is 1. The third-order valence-electron chi connectivity index (χ3n) is 9.82. The maximum absolute atomic E-state index is 14.8. The number of ether oxygens (including phenoxy) is 3. The molecule has 1 unspecified atom stereocenters. The van der Waals surface area contributed by atoms with Gasteiger partial charge in [-0.3, -0.25) is 14.3 Å². The van der Waals surface area contributed by atoms with Crippen LogP contribution in [0.3, 0.4) is 0 Å². The Morgan fingerprint density at radius 2 is 1.96 bits per heavy atom. The van der Waals surface area contributed by atoms with Crippen LogP contribution in [0.2, 0.25) is 5.02 Å². The Bertz CT molecular complexity index is 1680. The maximum Gasteiger partial charge on any atom is 0.287 e. The van der Waals surface area contributed by atoms with Gasteiger partial charge in [0.2, 0.25) is 5.91 Å². The molecule has 0 radical (unpaired) electrons. The number of fused-ring (bicyclic) bond motifs is 3. The zero-order valence-electron chi connectivity index (χ0n) is 30.3. The quantitative estimate of drug-likeness (QED) is 0.339. The number of hydrogen-bond donors (Lipinski definition) is 1. The van der Waals surface area contributed by atoms with Crippen LogP contribution >= 0.6 is 11.6 Å². The van der Waals surface area contributed by atoms with E-state index in [0.717, 1.165) is 63.0 Å². The molecule has 0 aromatic heterocycles. The normalized spacial score (nSPS) is 26.4. The molecule has 3 aliphatic rings. The fraction of sp³-hybridized carbons (Fsp3) is 0.579. The second-order valence-electron chi connectivity index (χ2n) is 14.7. The molecule has 2 aromatic carbocycles. The summed E-state index contributed by atoms with van der Waals surface area (Å²) < 4.78 is 40.7. The standard InChI is InChI=1S/C38H53ClN4O6S/c1-26(2)36(44)40-50(46)31-15-17-35-33(23-31)43(18-8-7-10-27-22-30(39)14-12-29(27)25-48-35)24-28-13-16-32(28)34(47-21-19-42(5)6)11-9-20-49-38(3,4)37(45)41-50/h9,11-12,14-15,17,22-23,26,28,32,34H,7-8,10,13,16,18-21,24-25H2,1-6H3,(H,40,41,44,45,46)/b11-9+/t28-,32+,34-,50?/m0/s1. The van der Waals surface area contributed by atoms with Crippen molar-refractivity contribution in [1.29, 1.82) is 0 Å². The molecule has 1 N–H and O–H groups in total. The van der Waals surface area contributed by atoms with Crippen LogP contribution in [0.5, 0.6) is 5.75 Å². The van der Waals surface area contributed by atoms with Crippen molar-refractivity contribution in [2.45, 2.75) is 83.0 Å². The van der Waals surface area contributed by atoms with Crippen molar-refractivity contribution in [3.63, 3.8) is 0 Å². The van der Waals surface area contributed by atoms with Gasteiger partial charge in [-0.05, 0) is 113 Å². The van der Waals surface area contributed by atoms with Crippen molar-refractivity contribution >= 4 is 39.0 Å². The first kappa shape index (κ1) is 38.3. The van der Waals surface area contributed by atoms with Crippen LogP contribution in [-0.4, -0.2) is 79.6 Å². The molecule has 2 aliphatic heterocycles. The highest BCUT2D eigenvalue weighted by molar-refractivity contribution is 7.92. The van der Waals surface area contributed by atoms with Crippen molar-refractivity contribution < 1.29 is 28.0 Å². The number of benzene rings is 2. The summed E-state index contributed by atoms with van der Waals surface area (Å²) in [5, 5.41) is 0.701. The summed E-state index contributed by atoms with van der Waals surface area (Å²) in [6.45, 7) is 9.97. The Hall–Kier alpha value is -2.96. The van der Waals surface area contributed by atoms with Crippen molar-refractivity contribution in [2.24, 2.45) is 22.1 Å². The van der Waals surface area contributed by atoms with Gasteiger partial charge in [-0.2, -0.15) is 0 Å². The Balaban J connectivity index is 1.62. The Labute approximate surface area is 303 Å². The van der Waals surface area contributed by atoms with Crippen molar-refractivity contribution in [3.05, 3.63) is 64.7 Å². The number of anilines is 1. The number of amides is 2. The average Bonchev–Trinajstić information content (AvgIpc) is 3.07. The predicted octanol–water partition coefficient (Wildman–Crippen LogP) is 6.44. The Morgan fingerprint density at radius 3 is 2.68 bits per heavy atom. The molecule has 274 valence electrons. The molecule has 2 bridgehead atoms. The van der Waals surface area contributed by atoms with Gasteiger partial charge in [0.15, 0.2) is 9.92 Å². The van der Waals surface area contributed by atoms with Crippen LogP contribution < -0.4 is 14.4 Å². The van der Waals surface area contributed by atoms with Gasteiger partial charge < -0.3 is 24.0 Å². The van der Waals surface area contributed by atoms with Crippen molar-refractivity contribution in [1.82, 2.24) is 9.62 Å². The molecule has 2 aromatic rings. The first-order chi connectivity index (χ1) is 23.8. The second kappa shape index (κ2) is 16.6. The van der Waals surface area contributed by atoms with Crippen LogP contribution in [-0.2, 0) is 42.0 Å². The van der Waals surface area contributed by atoms with E-state index in [9.17, 15) is 13.8 Å². The molecule has 50 heavy (non-hydrogen) atoms. The van der Waals surface area contributed by atoms with E-state index in [0.29, 0.717) is 29.9 Å². The first-order valence-electron chi connectivity index (χ1n) is 17.7. The van der Waals surface area contributed by atoms with Gasteiger partial charge in [0.25, 0.3) is 5.91 Å². The topological polar surface area (TPSA) is 110 Å². The summed E-state index contributed by atoms with van der Waals surface area (Å²) in [7, 11) is 0.305. The zero-order valence-corrected chi connectivity index (χ0v) is 31.9. The summed E-state index contributed by atoms with van der Waals surface area (Å²) in [5.41, 5.74) is 1.57. The predicted molar refractivity (Wildman–Crippen MR) is 198 cm³/mol. The van der Waals surface area contributed by atoms with Gasteiger partial charge in [0.05, 0.1) is 29.9 Å². The monoisotopic (exact) mass is 728 g/mol. The fourth-order valence-corrected chi connectivity index (χ4v) is 8.39. The summed E-state index contributed by atoms with van der Waals surface area (Å²) in [5.74, 6) is -0.435. The van der Waals surface area contributed by atoms with Crippen molar-refractivity contribution in [2.75, 3.05) is 51.8 Å². The van der Waals surface area contributed by atoms with Gasteiger partial charge >= 0.3 is 0 Å². The molecule has 10 nitrogen and oxygen atoms in total. The largest absolute Gasteiger partial charge is 0.487 e. The molecular weight excluding hydrogens is 676 g/mol. The minimum absolute atomic E-state index is 0.107. The van der Waals surface area contributed by atoms with E-state index in [-0.39, 0.29) is 23.5 Å². The van der Waals surface area contributed by atoms with E-state index >= 15 is 0 Å². The molecule has 0 spiro atoms. The molecule has 5 rings (SSSR count). The smallest absolute Gasteiger partial charge is 0.287 e. The molecule has 1 fully saturated rings. The van der Waals surface area contributed by atoms with Crippen LogP contribution in [0.25, 0.3) is 0 Å². The number of likely N-dealkylation sites (N-methyl/N-ethyl adjacent to an activating group) is 1. The van der Waals surface area contributed by atoms with Crippen molar-refractivity contribution in [3.8, 4) is 5.75 Å². The van der Waals surface area contributed by atoms with Gasteiger partial charge in [0, 0.05) is 30.6 Å². The van der Waals surface area contributed by atoms with Gasteiger partial charge in [-0.25, -0.2) is 4.21 Å².